The van der Waals surface area contributed by atoms with Crippen LogP contribution in [-0.4, -0.2) is 71.1 Å². The summed E-state index contributed by atoms with van der Waals surface area (Å²) in [5, 5.41) is 11.3. The molecule has 0 amide bonds. The Morgan fingerprint density at radius 3 is 2.69 bits per heavy atom. The Morgan fingerprint density at radius 2 is 1.97 bits per heavy atom. The number of aliphatic hydroxyl groups is 1. The van der Waals surface area contributed by atoms with Gasteiger partial charge in [0.25, 0.3) is 5.56 Å². The summed E-state index contributed by atoms with van der Waals surface area (Å²) in [6, 6.07) is 6.35. The van der Waals surface area contributed by atoms with Crippen LogP contribution in [0.15, 0.2) is 29.3 Å². The van der Waals surface area contributed by atoms with Gasteiger partial charge in [0.05, 0.1) is 23.8 Å². The number of ether oxygens (including phenoxy) is 1. The molecule has 3 fully saturated rings. The van der Waals surface area contributed by atoms with Gasteiger partial charge in [0.1, 0.15) is 5.60 Å². The van der Waals surface area contributed by atoms with Gasteiger partial charge in [-0.05, 0) is 31.0 Å². The van der Waals surface area contributed by atoms with Crippen molar-refractivity contribution in [2.75, 3.05) is 50.8 Å². The highest BCUT2D eigenvalue weighted by Crippen LogP contribution is 2.29. The van der Waals surface area contributed by atoms with Crippen molar-refractivity contribution in [3.8, 4) is 0 Å². The van der Waals surface area contributed by atoms with Crippen molar-refractivity contribution in [1.82, 2.24) is 14.5 Å². The summed E-state index contributed by atoms with van der Waals surface area (Å²) in [7, 11) is 0. The molecular formula is C22H30N4O3. The first kappa shape index (κ1) is 19.0. The highest BCUT2D eigenvalue weighted by Gasteiger charge is 2.35. The number of β-amino-alcohol motifs (C(OH)–C–C–N with tert-alkyl or cyclic N) is 1. The van der Waals surface area contributed by atoms with Gasteiger partial charge < -0.3 is 14.7 Å². The molecule has 3 aliphatic rings. The summed E-state index contributed by atoms with van der Waals surface area (Å²) < 4.78 is 7.20. The maximum Gasteiger partial charge on any atom is 0.261 e. The van der Waals surface area contributed by atoms with Crippen LogP contribution in [0.2, 0.25) is 0 Å². The lowest BCUT2D eigenvalue weighted by Crippen LogP contribution is -2.52. The van der Waals surface area contributed by atoms with E-state index in [-0.39, 0.29) is 5.56 Å². The van der Waals surface area contributed by atoms with Crippen molar-refractivity contribution >= 4 is 16.6 Å². The van der Waals surface area contributed by atoms with Gasteiger partial charge in [0.2, 0.25) is 0 Å². The Morgan fingerprint density at radius 1 is 1.17 bits per heavy atom. The first-order valence-electron chi connectivity index (χ1n) is 10.9. The molecule has 0 spiro atoms. The molecule has 7 nitrogen and oxygen atoms in total. The van der Waals surface area contributed by atoms with Gasteiger partial charge in [-0.15, -0.1) is 0 Å². The summed E-state index contributed by atoms with van der Waals surface area (Å²) in [5.74, 6) is 0. The third-order valence-corrected chi connectivity index (χ3v) is 6.82. The molecule has 2 aliphatic heterocycles. The number of rotatable bonds is 4. The third kappa shape index (κ3) is 3.79. The molecule has 29 heavy (non-hydrogen) atoms. The molecule has 2 aromatic rings. The maximum atomic E-state index is 12.9. The average molecular weight is 399 g/mol. The molecule has 3 heterocycles. The van der Waals surface area contributed by atoms with Crippen LogP contribution in [0, 0.1) is 0 Å². The number of aromatic nitrogens is 2. The normalized spacial score (nSPS) is 26.6. The fourth-order valence-corrected chi connectivity index (χ4v) is 5.06. The predicted molar refractivity (Wildman–Crippen MR) is 113 cm³/mol. The van der Waals surface area contributed by atoms with Gasteiger partial charge in [0.15, 0.2) is 0 Å². The van der Waals surface area contributed by atoms with Gasteiger partial charge in [0, 0.05) is 57.5 Å². The molecule has 1 aliphatic carbocycles. The second-order valence-corrected chi connectivity index (χ2v) is 8.89. The summed E-state index contributed by atoms with van der Waals surface area (Å²) in [6.07, 6.45) is 7.02. The zero-order chi connectivity index (χ0) is 19.8. The molecule has 2 saturated heterocycles. The molecule has 1 aromatic carbocycles. The zero-order valence-electron chi connectivity index (χ0n) is 16.9. The number of fused-ring (bicyclic) bond motifs is 1. The molecule has 1 saturated carbocycles. The van der Waals surface area contributed by atoms with Crippen molar-refractivity contribution in [3.63, 3.8) is 0 Å². The second kappa shape index (κ2) is 7.70. The van der Waals surface area contributed by atoms with Crippen molar-refractivity contribution in [2.24, 2.45) is 0 Å². The van der Waals surface area contributed by atoms with Crippen molar-refractivity contribution < 1.29 is 9.84 Å². The molecule has 1 aromatic heterocycles. The van der Waals surface area contributed by atoms with Crippen LogP contribution in [0.4, 0.5) is 5.69 Å². The molecule has 1 unspecified atom stereocenters. The van der Waals surface area contributed by atoms with E-state index in [0.29, 0.717) is 31.2 Å². The monoisotopic (exact) mass is 398 g/mol. The van der Waals surface area contributed by atoms with Crippen molar-refractivity contribution in [1.29, 1.82) is 0 Å². The predicted octanol–water partition coefficient (Wildman–Crippen LogP) is 1.78. The lowest BCUT2D eigenvalue weighted by atomic mass is 10.0. The van der Waals surface area contributed by atoms with E-state index in [2.05, 4.69) is 20.9 Å². The van der Waals surface area contributed by atoms with Gasteiger partial charge in [-0.3, -0.25) is 14.3 Å². The number of hydrogen-bond donors (Lipinski definition) is 1. The topological polar surface area (TPSA) is 70.8 Å². The fourth-order valence-electron chi connectivity index (χ4n) is 5.06. The van der Waals surface area contributed by atoms with Crippen molar-refractivity contribution in [2.45, 2.75) is 43.7 Å². The molecular weight excluding hydrogens is 368 g/mol. The smallest absolute Gasteiger partial charge is 0.261 e. The van der Waals surface area contributed by atoms with Crippen LogP contribution in [0.25, 0.3) is 10.9 Å². The number of benzene rings is 1. The quantitative estimate of drug-likeness (QED) is 0.847. The molecule has 0 radical (unpaired) electrons. The summed E-state index contributed by atoms with van der Waals surface area (Å²) in [5.41, 5.74) is 1.30. The lowest BCUT2D eigenvalue weighted by molar-refractivity contribution is -0.00557. The Labute approximate surface area is 170 Å². The largest absolute Gasteiger partial charge is 0.386 e. The lowest BCUT2D eigenvalue weighted by Gasteiger charge is -2.38. The molecule has 1 atom stereocenters. The third-order valence-electron chi connectivity index (χ3n) is 6.82. The summed E-state index contributed by atoms with van der Waals surface area (Å²) >= 11 is 0. The maximum absolute atomic E-state index is 12.9. The van der Waals surface area contributed by atoms with Crippen LogP contribution < -0.4 is 10.5 Å². The highest BCUT2D eigenvalue weighted by molar-refractivity contribution is 5.81. The fraction of sp³-hybridized carbons (Fsp3) is 0.636. The number of anilines is 1. The molecule has 156 valence electrons. The minimum atomic E-state index is -0.686. The number of nitrogens with zero attached hydrogens (tertiary/aromatic N) is 4. The molecule has 1 N–H and O–H groups in total. The Bertz CT molecular complexity index is 923. The number of hydrogen-bond acceptors (Lipinski definition) is 6. The standard InChI is InChI=1S/C22H30N4O3/c27-21-19-6-5-18(13-20(19)23-16-26(21)17-3-1-2-4-17)25-10-8-24(9-11-25)14-22(28)7-12-29-15-22/h5-6,13,16-17,28H,1-4,7-12,14-15H2. The van der Waals surface area contributed by atoms with Gasteiger partial charge in [-0.1, -0.05) is 12.8 Å². The van der Waals surface area contributed by atoms with E-state index in [4.69, 9.17) is 4.74 Å². The zero-order valence-corrected chi connectivity index (χ0v) is 16.9. The minimum absolute atomic E-state index is 0.0882. The van der Waals surface area contributed by atoms with E-state index in [1.165, 1.54) is 12.8 Å². The second-order valence-electron chi connectivity index (χ2n) is 8.89. The molecule has 5 rings (SSSR count). The average Bonchev–Trinajstić information content (AvgIpc) is 3.41. The van der Waals surface area contributed by atoms with E-state index in [9.17, 15) is 9.90 Å². The van der Waals surface area contributed by atoms with Crippen molar-refractivity contribution in [3.05, 3.63) is 34.9 Å². The highest BCUT2D eigenvalue weighted by atomic mass is 16.5. The van der Waals surface area contributed by atoms with Crippen LogP contribution in [0.3, 0.4) is 0 Å². The van der Waals surface area contributed by atoms with Crippen LogP contribution in [-0.2, 0) is 4.74 Å². The SMILES string of the molecule is O=c1c2ccc(N3CCN(CC4(O)CCOC4)CC3)cc2ncn1C1CCCC1. The minimum Gasteiger partial charge on any atom is -0.386 e. The first-order chi connectivity index (χ1) is 14.1. The summed E-state index contributed by atoms with van der Waals surface area (Å²) in [4.78, 5) is 22.2. The molecule has 7 heteroatoms. The van der Waals surface area contributed by atoms with Crippen LogP contribution >= 0.6 is 0 Å². The summed E-state index contributed by atoms with van der Waals surface area (Å²) in [6.45, 7) is 5.42. The van der Waals surface area contributed by atoms with E-state index >= 15 is 0 Å². The van der Waals surface area contributed by atoms with Gasteiger partial charge in [-0.25, -0.2) is 4.98 Å². The molecule has 0 bridgehead atoms. The van der Waals surface area contributed by atoms with E-state index in [1.54, 1.807) is 6.33 Å². The first-order valence-corrected chi connectivity index (χ1v) is 10.9. The Balaban J connectivity index is 1.28. The number of piperazine rings is 1. The van der Waals surface area contributed by atoms with Crippen LogP contribution in [0.5, 0.6) is 0 Å². The van der Waals surface area contributed by atoms with Gasteiger partial charge >= 0.3 is 0 Å². The Hall–Kier alpha value is -1.96. The van der Waals surface area contributed by atoms with Crippen LogP contribution in [0.1, 0.15) is 38.1 Å². The van der Waals surface area contributed by atoms with E-state index in [0.717, 1.165) is 56.6 Å². The Kier molecular flexibility index (Phi) is 5.05. The van der Waals surface area contributed by atoms with E-state index in [1.807, 2.05) is 16.7 Å². The van der Waals surface area contributed by atoms with E-state index < -0.39 is 5.60 Å². The van der Waals surface area contributed by atoms with Gasteiger partial charge in [-0.2, -0.15) is 0 Å².